The molecular weight excluding hydrogens is 252 g/mol. The van der Waals surface area contributed by atoms with E-state index in [1.54, 1.807) is 24.5 Å². The van der Waals surface area contributed by atoms with E-state index in [1.165, 1.54) is 6.08 Å². The molecule has 2 N–H and O–H groups in total. The Bertz CT molecular complexity index is 574. The van der Waals surface area contributed by atoms with Crippen LogP contribution in [0, 0.1) is 0 Å². The van der Waals surface area contributed by atoms with Crippen molar-refractivity contribution in [3.8, 4) is 0 Å². The Morgan fingerprint density at radius 2 is 2.20 bits per heavy atom. The highest BCUT2D eigenvalue weighted by Crippen LogP contribution is 2.11. The van der Waals surface area contributed by atoms with Crippen LogP contribution in [0.2, 0.25) is 0 Å². The molecule has 0 bridgehead atoms. The van der Waals surface area contributed by atoms with Crippen LogP contribution in [0.15, 0.2) is 53.2 Å². The molecule has 1 aromatic carbocycles. The molecule has 0 unspecified atom stereocenters. The molecule has 0 radical (unpaired) electrons. The van der Waals surface area contributed by atoms with E-state index in [9.17, 15) is 4.79 Å². The molecule has 0 aliphatic heterocycles. The number of furan rings is 1. The van der Waals surface area contributed by atoms with Crippen molar-refractivity contribution >= 4 is 17.7 Å². The van der Waals surface area contributed by atoms with Crippen LogP contribution in [0.5, 0.6) is 0 Å². The van der Waals surface area contributed by atoms with Crippen molar-refractivity contribution < 1.29 is 9.21 Å². The van der Waals surface area contributed by atoms with Gasteiger partial charge in [-0.05, 0) is 42.4 Å². The Balaban J connectivity index is 1.93. The molecular formula is C16H18N2O2. The summed E-state index contributed by atoms with van der Waals surface area (Å²) in [7, 11) is 0. The molecule has 2 rings (SSSR count). The number of anilines is 1. The first-order chi connectivity index (χ1) is 9.78. The number of hydrogen-bond donors (Lipinski definition) is 2. The van der Waals surface area contributed by atoms with Crippen molar-refractivity contribution in [1.82, 2.24) is 5.32 Å². The fourth-order valence-electron chi connectivity index (χ4n) is 1.76. The van der Waals surface area contributed by atoms with E-state index in [-0.39, 0.29) is 5.91 Å². The maximum Gasteiger partial charge on any atom is 0.248 e. The third-order valence-electron chi connectivity index (χ3n) is 2.72. The molecule has 4 nitrogen and oxygen atoms in total. The second kappa shape index (κ2) is 7.31. The third kappa shape index (κ3) is 4.40. The molecule has 1 heterocycles. The number of hydrogen-bond acceptors (Lipinski definition) is 3. The fourth-order valence-corrected chi connectivity index (χ4v) is 1.76. The molecule has 1 aromatic heterocycles. The first-order valence-electron chi connectivity index (χ1n) is 6.60. The highest BCUT2D eigenvalue weighted by molar-refractivity contribution is 6.01. The molecule has 0 saturated carbocycles. The first kappa shape index (κ1) is 14.1. The van der Waals surface area contributed by atoms with Gasteiger partial charge in [0.15, 0.2) is 0 Å². The van der Waals surface area contributed by atoms with Gasteiger partial charge in [0.25, 0.3) is 0 Å². The summed E-state index contributed by atoms with van der Waals surface area (Å²) < 4.78 is 5.12. The van der Waals surface area contributed by atoms with Crippen LogP contribution >= 0.6 is 0 Å². The van der Waals surface area contributed by atoms with Gasteiger partial charge in [-0.3, -0.25) is 4.79 Å². The van der Waals surface area contributed by atoms with E-state index in [4.69, 9.17) is 4.42 Å². The largest absolute Gasteiger partial charge is 0.465 e. The second-order valence-electron chi connectivity index (χ2n) is 4.32. The van der Waals surface area contributed by atoms with Gasteiger partial charge in [0.05, 0.1) is 6.26 Å². The van der Waals surface area contributed by atoms with Gasteiger partial charge in [-0.1, -0.05) is 19.1 Å². The van der Waals surface area contributed by atoms with Gasteiger partial charge in [-0.25, -0.2) is 0 Å². The number of nitrogens with one attached hydrogen (secondary N) is 2. The normalized spacial score (nSPS) is 10.8. The number of benzene rings is 1. The average molecular weight is 270 g/mol. The Hall–Kier alpha value is -2.33. The SMILES string of the molecule is CCNCc1cccc(NC(=O)/C=C/c2ccco2)c1. The number of carbonyl (C=O) groups is 1. The average Bonchev–Trinajstić information content (AvgIpc) is 2.97. The fraction of sp³-hybridized carbons (Fsp3) is 0.188. The molecule has 0 atom stereocenters. The number of amides is 1. The van der Waals surface area contributed by atoms with E-state index in [2.05, 4.69) is 17.6 Å². The predicted molar refractivity (Wildman–Crippen MR) is 80.2 cm³/mol. The minimum absolute atomic E-state index is 0.179. The highest BCUT2D eigenvalue weighted by Gasteiger charge is 2.00. The summed E-state index contributed by atoms with van der Waals surface area (Å²) in [5, 5.41) is 6.08. The van der Waals surface area contributed by atoms with Crippen LogP contribution in [0.3, 0.4) is 0 Å². The quantitative estimate of drug-likeness (QED) is 0.793. The minimum Gasteiger partial charge on any atom is -0.465 e. The van der Waals surface area contributed by atoms with Crippen LogP contribution < -0.4 is 10.6 Å². The van der Waals surface area contributed by atoms with Crippen molar-refractivity contribution in [2.45, 2.75) is 13.5 Å². The molecule has 20 heavy (non-hydrogen) atoms. The molecule has 0 fully saturated rings. The van der Waals surface area contributed by atoms with E-state index in [1.807, 2.05) is 24.3 Å². The zero-order valence-electron chi connectivity index (χ0n) is 11.4. The lowest BCUT2D eigenvalue weighted by Gasteiger charge is -2.06. The van der Waals surface area contributed by atoms with Gasteiger partial charge < -0.3 is 15.1 Å². The van der Waals surface area contributed by atoms with E-state index in [0.29, 0.717) is 5.76 Å². The van der Waals surface area contributed by atoms with Crippen LogP contribution in [-0.2, 0) is 11.3 Å². The maximum atomic E-state index is 11.8. The van der Waals surface area contributed by atoms with Crippen molar-refractivity contribution in [3.63, 3.8) is 0 Å². The zero-order valence-corrected chi connectivity index (χ0v) is 11.4. The summed E-state index contributed by atoms with van der Waals surface area (Å²) in [6.45, 7) is 3.77. The van der Waals surface area contributed by atoms with Gasteiger partial charge >= 0.3 is 0 Å². The van der Waals surface area contributed by atoms with Gasteiger partial charge in [0.1, 0.15) is 5.76 Å². The molecule has 4 heteroatoms. The molecule has 0 saturated heterocycles. The van der Waals surface area contributed by atoms with Crippen molar-refractivity contribution in [2.24, 2.45) is 0 Å². The van der Waals surface area contributed by atoms with Crippen LogP contribution in [0.1, 0.15) is 18.2 Å². The minimum atomic E-state index is -0.179. The monoisotopic (exact) mass is 270 g/mol. The van der Waals surface area contributed by atoms with Crippen LogP contribution in [0.4, 0.5) is 5.69 Å². The predicted octanol–water partition coefficient (Wildman–Crippen LogP) is 3.04. The molecule has 2 aromatic rings. The van der Waals surface area contributed by atoms with Crippen molar-refractivity contribution in [3.05, 3.63) is 60.1 Å². The van der Waals surface area contributed by atoms with Crippen molar-refractivity contribution in [1.29, 1.82) is 0 Å². The van der Waals surface area contributed by atoms with Crippen LogP contribution in [-0.4, -0.2) is 12.5 Å². The van der Waals surface area contributed by atoms with Crippen LogP contribution in [0.25, 0.3) is 6.08 Å². The highest BCUT2D eigenvalue weighted by atomic mass is 16.3. The molecule has 0 spiro atoms. The molecule has 1 amide bonds. The van der Waals surface area contributed by atoms with E-state index < -0.39 is 0 Å². The lowest BCUT2D eigenvalue weighted by molar-refractivity contribution is -0.111. The standard InChI is InChI=1S/C16H18N2O2/c1-2-17-12-13-5-3-6-14(11-13)18-16(19)9-8-15-7-4-10-20-15/h3-11,17H,2,12H2,1H3,(H,18,19)/b9-8+. The summed E-state index contributed by atoms with van der Waals surface area (Å²) in [5.74, 6) is 0.475. The molecule has 0 aliphatic rings. The Labute approximate surface area is 118 Å². The number of carbonyl (C=O) groups excluding carboxylic acids is 1. The Morgan fingerprint density at radius 3 is 2.95 bits per heavy atom. The van der Waals surface area contributed by atoms with Gasteiger partial charge in [-0.2, -0.15) is 0 Å². The summed E-state index contributed by atoms with van der Waals surface area (Å²) in [4.78, 5) is 11.8. The Kier molecular flexibility index (Phi) is 5.15. The first-order valence-corrected chi connectivity index (χ1v) is 6.60. The summed E-state index contributed by atoms with van der Waals surface area (Å²) in [5.41, 5.74) is 1.93. The second-order valence-corrected chi connectivity index (χ2v) is 4.32. The maximum absolute atomic E-state index is 11.8. The van der Waals surface area contributed by atoms with E-state index >= 15 is 0 Å². The lowest BCUT2D eigenvalue weighted by Crippen LogP contribution is -2.12. The third-order valence-corrected chi connectivity index (χ3v) is 2.72. The number of rotatable bonds is 6. The summed E-state index contributed by atoms with van der Waals surface area (Å²) in [6, 6.07) is 11.4. The smallest absolute Gasteiger partial charge is 0.248 e. The van der Waals surface area contributed by atoms with E-state index in [0.717, 1.165) is 24.3 Å². The Morgan fingerprint density at radius 1 is 1.30 bits per heavy atom. The summed E-state index contributed by atoms with van der Waals surface area (Å²) in [6.07, 6.45) is 4.66. The van der Waals surface area contributed by atoms with Crippen molar-refractivity contribution in [2.75, 3.05) is 11.9 Å². The molecule has 104 valence electrons. The molecule has 0 aliphatic carbocycles. The van der Waals surface area contributed by atoms with Gasteiger partial charge in [-0.15, -0.1) is 0 Å². The zero-order chi connectivity index (χ0) is 14.2. The lowest BCUT2D eigenvalue weighted by atomic mass is 10.2. The van der Waals surface area contributed by atoms with Gasteiger partial charge in [0.2, 0.25) is 5.91 Å². The van der Waals surface area contributed by atoms with Gasteiger partial charge in [0, 0.05) is 18.3 Å². The topological polar surface area (TPSA) is 54.3 Å². The summed E-state index contributed by atoms with van der Waals surface area (Å²) >= 11 is 0.